The van der Waals surface area contributed by atoms with Crippen molar-refractivity contribution in [3.05, 3.63) is 70.8 Å². The van der Waals surface area contributed by atoms with E-state index < -0.39 is 6.11 Å². The molecule has 4 rings (SSSR count). The Kier molecular flexibility index (Phi) is 9.99. The molecule has 2 aromatic carbocycles. The van der Waals surface area contributed by atoms with Crippen molar-refractivity contribution in [2.45, 2.75) is 115 Å². The fourth-order valence-corrected chi connectivity index (χ4v) is 6.35. The van der Waals surface area contributed by atoms with Crippen molar-refractivity contribution in [2.24, 2.45) is 11.8 Å². The molecule has 36 heavy (non-hydrogen) atoms. The van der Waals surface area contributed by atoms with Crippen molar-refractivity contribution >= 4 is 0 Å². The summed E-state index contributed by atoms with van der Waals surface area (Å²) in [5, 5.41) is 0. The molecule has 0 atom stereocenters. The maximum atomic E-state index is 14.7. The highest BCUT2D eigenvalue weighted by molar-refractivity contribution is 5.28. The molecule has 0 bridgehead atoms. The predicted molar refractivity (Wildman–Crippen MR) is 146 cm³/mol. The van der Waals surface area contributed by atoms with E-state index in [1.807, 2.05) is 12.1 Å². The van der Waals surface area contributed by atoms with Crippen LogP contribution < -0.4 is 0 Å². The number of hydrogen-bond acceptors (Lipinski definition) is 1. The van der Waals surface area contributed by atoms with E-state index in [9.17, 15) is 8.78 Å². The van der Waals surface area contributed by atoms with Crippen LogP contribution in [0.3, 0.4) is 0 Å². The van der Waals surface area contributed by atoms with E-state index in [1.165, 1.54) is 88.2 Å². The van der Waals surface area contributed by atoms with E-state index in [4.69, 9.17) is 4.74 Å². The Morgan fingerprint density at radius 2 is 1.31 bits per heavy atom. The van der Waals surface area contributed by atoms with Gasteiger partial charge in [-0.1, -0.05) is 101 Å². The second-order valence-corrected chi connectivity index (χ2v) is 11.6. The van der Waals surface area contributed by atoms with E-state index in [0.29, 0.717) is 18.3 Å². The Balaban J connectivity index is 1.22. The molecule has 0 heterocycles. The van der Waals surface area contributed by atoms with Crippen LogP contribution in [0.1, 0.15) is 125 Å². The first-order valence-corrected chi connectivity index (χ1v) is 14.7. The van der Waals surface area contributed by atoms with Gasteiger partial charge >= 0.3 is 6.11 Å². The van der Waals surface area contributed by atoms with Gasteiger partial charge in [-0.05, 0) is 85.3 Å². The minimum atomic E-state index is -3.26. The van der Waals surface area contributed by atoms with Gasteiger partial charge in [0.2, 0.25) is 0 Å². The van der Waals surface area contributed by atoms with Gasteiger partial charge in [0.25, 0.3) is 0 Å². The fraction of sp³-hybridized carbons (Fsp3) is 0.636. The van der Waals surface area contributed by atoms with E-state index in [0.717, 1.165) is 17.4 Å². The van der Waals surface area contributed by atoms with Crippen molar-refractivity contribution in [1.82, 2.24) is 0 Å². The largest absolute Gasteiger partial charge is 0.383 e. The molecule has 0 spiro atoms. The number of ether oxygens (including phenoxy) is 1. The summed E-state index contributed by atoms with van der Waals surface area (Å²) >= 11 is 0. The van der Waals surface area contributed by atoms with Crippen LogP contribution in [0.15, 0.2) is 48.5 Å². The molecular formula is C33H46F2O. The summed E-state index contributed by atoms with van der Waals surface area (Å²) in [7, 11) is 0. The number of rotatable bonds is 11. The summed E-state index contributed by atoms with van der Waals surface area (Å²) < 4.78 is 34.6. The maximum Gasteiger partial charge on any atom is 0.383 e. The lowest BCUT2D eigenvalue weighted by atomic mass is 9.77. The number of hydrogen-bond donors (Lipinski definition) is 0. The van der Waals surface area contributed by atoms with Crippen LogP contribution in [0.4, 0.5) is 8.78 Å². The SMILES string of the molecule is CCCCC[C@H]1CC[C@H](c2ccc(C(F)(F)OCCc3ccc([C@H]4CC[C@H](C)CC4)cc3)cc2)CC1. The van der Waals surface area contributed by atoms with E-state index in [2.05, 4.69) is 38.1 Å². The monoisotopic (exact) mass is 496 g/mol. The Morgan fingerprint density at radius 3 is 1.89 bits per heavy atom. The van der Waals surface area contributed by atoms with Gasteiger partial charge in [0.15, 0.2) is 0 Å². The highest BCUT2D eigenvalue weighted by atomic mass is 19.3. The number of benzene rings is 2. The minimum Gasteiger partial charge on any atom is -0.316 e. The van der Waals surface area contributed by atoms with Crippen molar-refractivity contribution in [1.29, 1.82) is 0 Å². The number of halogens is 2. The molecule has 0 aliphatic heterocycles. The molecule has 1 nitrogen and oxygen atoms in total. The Morgan fingerprint density at radius 1 is 0.750 bits per heavy atom. The molecule has 3 heteroatoms. The standard InChI is InChI=1S/C33H46F2O/c1-3-4-5-6-26-9-15-30(16-10-26)31-19-21-32(22-20-31)33(34,35)36-24-23-27-11-17-29(18-12-27)28-13-7-25(2)8-14-28/h11-12,17-22,25-26,28,30H,3-10,13-16,23-24H2,1-2H3/t25-,26-,28-,30-. The molecule has 2 aromatic rings. The lowest BCUT2D eigenvalue weighted by Crippen LogP contribution is -2.20. The van der Waals surface area contributed by atoms with Crippen LogP contribution in [0.5, 0.6) is 0 Å². The summed E-state index contributed by atoms with van der Waals surface area (Å²) in [6, 6.07) is 15.5. The molecule has 0 radical (unpaired) electrons. The zero-order valence-corrected chi connectivity index (χ0v) is 22.5. The van der Waals surface area contributed by atoms with Crippen LogP contribution in [-0.4, -0.2) is 6.61 Å². The van der Waals surface area contributed by atoms with Gasteiger partial charge in [-0.2, -0.15) is 8.78 Å². The number of unbranched alkanes of at least 4 members (excludes halogenated alkanes) is 2. The molecule has 2 saturated carbocycles. The Bertz CT molecular complexity index is 888. The maximum absolute atomic E-state index is 14.7. The van der Waals surface area contributed by atoms with E-state index >= 15 is 0 Å². The highest BCUT2D eigenvalue weighted by Crippen LogP contribution is 2.39. The van der Waals surface area contributed by atoms with Crippen molar-refractivity contribution in [3.63, 3.8) is 0 Å². The van der Waals surface area contributed by atoms with Crippen LogP contribution in [0.2, 0.25) is 0 Å². The van der Waals surface area contributed by atoms with Crippen molar-refractivity contribution in [3.8, 4) is 0 Å². The molecular weight excluding hydrogens is 450 g/mol. The Hall–Kier alpha value is -1.74. The van der Waals surface area contributed by atoms with Gasteiger partial charge in [0, 0.05) is 0 Å². The van der Waals surface area contributed by atoms with Gasteiger partial charge < -0.3 is 4.74 Å². The summed E-state index contributed by atoms with van der Waals surface area (Å²) in [5.74, 6) is 2.86. The van der Waals surface area contributed by atoms with Crippen LogP contribution in [0.25, 0.3) is 0 Å². The third-order valence-electron chi connectivity index (χ3n) is 8.92. The van der Waals surface area contributed by atoms with Crippen molar-refractivity contribution in [2.75, 3.05) is 6.61 Å². The minimum absolute atomic E-state index is 0.0110. The zero-order valence-electron chi connectivity index (χ0n) is 22.5. The van der Waals surface area contributed by atoms with Crippen LogP contribution >= 0.6 is 0 Å². The zero-order chi connectivity index (χ0) is 25.4. The fourth-order valence-electron chi connectivity index (χ4n) is 6.35. The molecule has 0 saturated heterocycles. The van der Waals surface area contributed by atoms with Crippen LogP contribution in [0, 0.1) is 11.8 Å². The predicted octanol–water partition coefficient (Wildman–Crippen LogP) is 10.1. The molecule has 0 unspecified atom stereocenters. The topological polar surface area (TPSA) is 9.23 Å². The first-order chi connectivity index (χ1) is 17.4. The van der Waals surface area contributed by atoms with Gasteiger partial charge in [0.1, 0.15) is 0 Å². The van der Waals surface area contributed by atoms with Gasteiger partial charge in [0.05, 0.1) is 12.2 Å². The summed E-state index contributed by atoms with van der Waals surface area (Å²) in [4.78, 5) is 0. The average molecular weight is 497 g/mol. The molecule has 2 fully saturated rings. The molecule has 0 aromatic heterocycles. The molecule has 2 aliphatic rings. The molecule has 2 aliphatic carbocycles. The second-order valence-electron chi connectivity index (χ2n) is 11.6. The lowest BCUT2D eigenvalue weighted by molar-refractivity contribution is -0.248. The smallest absolute Gasteiger partial charge is 0.316 e. The summed E-state index contributed by atoms with van der Waals surface area (Å²) in [5.41, 5.74) is 3.61. The third kappa shape index (κ3) is 7.63. The van der Waals surface area contributed by atoms with Gasteiger partial charge in [-0.3, -0.25) is 0 Å². The van der Waals surface area contributed by atoms with Crippen molar-refractivity contribution < 1.29 is 13.5 Å². The third-order valence-corrected chi connectivity index (χ3v) is 8.92. The normalized spacial score (nSPS) is 25.1. The average Bonchev–Trinajstić information content (AvgIpc) is 2.90. The van der Waals surface area contributed by atoms with E-state index in [1.54, 1.807) is 12.1 Å². The molecule has 0 amide bonds. The first-order valence-electron chi connectivity index (χ1n) is 14.7. The lowest BCUT2D eigenvalue weighted by Gasteiger charge is -2.29. The quantitative estimate of drug-likeness (QED) is 0.281. The van der Waals surface area contributed by atoms with E-state index in [-0.39, 0.29) is 12.2 Å². The summed E-state index contributed by atoms with van der Waals surface area (Å²) in [6.45, 7) is 4.60. The molecule has 0 N–H and O–H groups in total. The summed E-state index contributed by atoms with van der Waals surface area (Å²) in [6.07, 6.45) is 12.6. The second kappa shape index (κ2) is 13.2. The molecule has 198 valence electrons. The van der Waals surface area contributed by atoms with Gasteiger partial charge in [-0.15, -0.1) is 0 Å². The first kappa shape index (κ1) is 27.3. The van der Waals surface area contributed by atoms with Gasteiger partial charge in [-0.25, -0.2) is 0 Å². The highest BCUT2D eigenvalue weighted by Gasteiger charge is 2.33. The Labute approximate surface area is 218 Å². The number of alkyl halides is 2. The van der Waals surface area contributed by atoms with Crippen LogP contribution in [-0.2, 0) is 17.3 Å².